The highest BCUT2D eigenvalue weighted by atomic mass is 79.9. The van der Waals surface area contributed by atoms with Gasteiger partial charge in [0.25, 0.3) is 5.91 Å². The van der Waals surface area contributed by atoms with Crippen molar-refractivity contribution >= 4 is 27.7 Å². The molecule has 3 aliphatic heterocycles. The van der Waals surface area contributed by atoms with E-state index in [2.05, 4.69) is 49.0 Å². The molecule has 9 heteroatoms. The third-order valence-corrected chi connectivity index (χ3v) is 7.14. The SMILES string of the molecule is C1CCOCC1.CO.Cc1c(C(=O)N2CCC(N)CC2)ncnc1N1CCc2ccc(Br)cc2C1. The fourth-order valence-electron chi connectivity index (χ4n) is 4.62. The number of piperidine rings is 1. The first-order chi connectivity index (χ1) is 17.0. The van der Waals surface area contributed by atoms with Crippen molar-refractivity contribution in [2.24, 2.45) is 5.73 Å². The summed E-state index contributed by atoms with van der Waals surface area (Å²) in [6.45, 7) is 7.03. The van der Waals surface area contributed by atoms with Gasteiger partial charge in [0.15, 0.2) is 0 Å². The van der Waals surface area contributed by atoms with Gasteiger partial charge in [0.1, 0.15) is 17.8 Å². The Labute approximate surface area is 217 Å². The van der Waals surface area contributed by atoms with Gasteiger partial charge in [0.2, 0.25) is 0 Å². The van der Waals surface area contributed by atoms with E-state index in [0.29, 0.717) is 18.8 Å². The summed E-state index contributed by atoms with van der Waals surface area (Å²) in [4.78, 5) is 25.9. The normalized spacial score (nSPS) is 18.0. The van der Waals surface area contributed by atoms with Crippen LogP contribution in [0.3, 0.4) is 0 Å². The summed E-state index contributed by atoms with van der Waals surface area (Å²) in [5, 5.41) is 7.00. The number of halogens is 1. The standard InChI is InChI=1S/C20H24BrN5O.C5H10O.CH4O/c1-13-18(20(27)25-8-5-17(22)6-9-25)23-12-24-19(13)26-7-4-14-2-3-16(21)10-15(14)11-26;1-2-4-6-5-3-1;1-2/h2-3,10,12,17H,4-9,11,22H2,1H3;1-5H2;2H,1H3. The van der Waals surface area contributed by atoms with E-state index < -0.39 is 0 Å². The molecule has 1 aromatic carbocycles. The second-order valence-electron chi connectivity index (χ2n) is 9.06. The van der Waals surface area contributed by atoms with Crippen molar-refractivity contribution in [3.8, 4) is 0 Å². The molecule has 3 N–H and O–H groups in total. The van der Waals surface area contributed by atoms with E-state index in [1.165, 1.54) is 36.7 Å². The zero-order valence-electron chi connectivity index (χ0n) is 20.9. The predicted octanol–water partition coefficient (Wildman–Crippen LogP) is 3.47. The lowest BCUT2D eigenvalue weighted by molar-refractivity contribution is 0.0707. The Kier molecular flexibility index (Phi) is 10.9. The number of ether oxygens (including phenoxy) is 1. The van der Waals surface area contributed by atoms with Crippen LogP contribution in [-0.4, -0.2) is 71.9 Å². The van der Waals surface area contributed by atoms with Crippen LogP contribution in [-0.2, 0) is 17.7 Å². The van der Waals surface area contributed by atoms with E-state index in [-0.39, 0.29) is 11.9 Å². The topological polar surface area (TPSA) is 105 Å². The van der Waals surface area contributed by atoms with E-state index in [9.17, 15) is 4.79 Å². The zero-order valence-corrected chi connectivity index (χ0v) is 22.5. The molecule has 3 aliphatic rings. The van der Waals surface area contributed by atoms with Crippen molar-refractivity contribution in [3.63, 3.8) is 0 Å². The van der Waals surface area contributed by atoms with Crippen LogP contribution in [0.2, 0.25) is 0 Å². The summed E-state index contributed by atoms with van der Waals surface area (Å²) >= 11 is 3.56. The summed E-state index contributed by atoms with van der Waals surface area (Å²) < 4.78 is 6.15. The molecule has 8 nitrogen and oxygen atoms in total. The Morgan fingerprint density at radius 2 is 1.80 bits per heavy atom. The Balaban J connectivity index is 0.000000369. The number of aromatic nitrogens is 2. The van der Waals surface area contributed by atoms with E-state index in [1.54, 1.807) is 0 Å². The van der Waals surface area contributed by atoms with Gasteiger partial charge in [-0.1, -0.05) is 22.0 Å². The number of aliphatic hydroxyl groups excluding tert-OH is 1. The first kappa shape index (κ1) is 27.5. The van der Waals surface area contributed by atoms with Gasteiger partial charge in [-0.25, -0.2) is 9.97 Å². The van der Waals surface area contributed by atoms with Crippen molar-refractivity contribution in [1.82, 2.24) is 14.9 Å². The summed E-state index contributed by atoms with van der Waals surface area (Å²) in [6, 6.07) is 6.63. The van der Waals surface area contributed by atoms with Gasteiger partial charge >= 0.3 is 0 Å². The largest absolute Gasteiger partial charge is 0.400 e. The maximum absolute atomic E-state index is 13.0. The maximum Gasteiger partial charge on any atom is 0.272 e. The van der Waals surface area contributed by atoms with E-state index in [1.807, 2.05) is 11.8 Å². The molecule has 35 heavy (non-hydrogen) atoms. The molecule has 1 amide bonds. The minimum atomic E-state index is -0.0109. The maximum atomic E-state index is 13.0. The minimum Gasteiger partial charge on any atom is -0.400 e. The molecule has 2 fully saturated rings. The lowest BCUT2D eigenvalue weighted by atomic mass is 9.99. The fraction of sp³-hybridized carbons (Fsp3) is 0.577. The Bertz CT molecular complexity index is 950. The van der Waals surface area contributed by atoms with Crippen molar-refractivity contribution in [2.75, 3.05) is 44.9 Å². The number of benzene rings is 1. The molecule has 4 heterocycles. The molecule has 0 atom stereocenters. The molecule has 1 aromatic heterocycles. The molecule has 2 aromatic rings. The smallest absolute Gasteiger partial charge is 0.272 e. The Morgan fingerprint density at radius 3 is 2.43 bits per heavy atom. The molecular weight excluding hydrogens is 510 g/mol. The Morgan fingerprint density at radius 1 is 1.09 bits per heavy atom. The average Bonchev–Trinajstić information content (AvgIpc) is 2.91. The number of amides is 1. The summed E-state index contributed by atoms with van der Waals surface area (Å²) in [7, 11) is 1.00. The molecule has 192 valence electrons. The molecule has 0 spiro atoms. The number of likely N-dealkylation sites (tertiary alicyclic amines) is 1. The van der Waals surface area contributed by atoms with Crippen LogP contribution in [0, 0.1) is 6.92 Å². The first-order valence-electron chi connectivity index (χ1n) is 12.4. The quantitative estimate of drug-likeness (QED) is 0.592. The van der Waals surface area contributed by atoms with Crippen molar-refractivity contribution < 1.29 is 14.6 Å². The lowest BCUT2D eigenvalue weighted by Crippen LogP contribution is -2.43. The number of rotatable bonds is 2. The predicted molar refractivity (Wildman–Crippen MR) is 142 cm³/mol. The molecule has 5 rings (SSSR count). The zero-order chi connectivity index (χ0) is 25.2. The number of carbonyl (C=O) groups is 1. The van der Waals surface area contributed by atoms with Gasteiger partial charge in [0, 0.05) is 62.6 Å². The molecule has 0 aliphatic carbocycles. The van der Waals surface area contributed by atoms with Gasteiger partial charge in [-0.3, -0.25) is 4.79 Å². The highest BCUT2D eigenvalue weighted by Crippen LogP contribution is 2.28. The Hall–Kier alpha value is -2.07. The molecule has 2 saturated heterocycles. The number of carbonyl (C=O) groups excluding carboxylic acids is 1. The van der Waals surface area contributed by atoms with Gasteiger partial charge < -0.3 is 25.4 Å². The van der Waals surface area contributed by atoms with E-state index >= 15 is 0 Å². The minimum absolute atomic E-state index is 0.0109. The molecule has 0 radical (unpaired) electrons. The number of hydrogen-bond donors (Lipinski definition) is 2. The van der Waals surface area contributed by atoms with Crippen LogP contribution in [0.15, 0.2) is 29.0 Å². The summed E-state index contributed by atoms with van der Waals surface area (Å²) in [5.74, 6) is 0.843. The third-order valence-electron chi connectivity index (χ3n) is 6.64. The second-order valence-corrected chi connectivity index (χ2v) is 9.97. The van der Waals surface area contributed by atoms with Crippen molar-refractivity contribution in [1.29, 1.82) is 0 Å². The van der Waals surface area contributed by atoms with Gasteiger partial charge in [-0.05, 0) is 68.7 Å². The summed E-state index contributed by atoms with van der Waals surface area (Å²) in [6.07, 6.45) is 8.11. The summed E-state index contributed by atoms with van der Waals surface area (Å²) in [5.41, 5.74) is 10.0. The number of nitrogens with two attached hydrogens (primary N) is 1. The number of anilines is 1. The van der Waals surface area contributed by atoms with Crippen LogP contribution in [0.1, 0.15) is 59.3 Å². The first-order valence-corrected chi connectivity index (χ1v) is 13.2. The van der Waals surface area contributed by atoms with Gasteiger partial charge in [0.05, 0.1) is 0 Å². The molecular formula is C26H38BrN5O3. The van der Waals surface area contributed by atoms with Crippen LogP contribution < -0.4 is 10.6 Å². The van der Waals surface area contributed by atoms with Crippen molar-refractivity contribution in [3.05, 3.63) is 51.4 Å². The van der Waals surface area contributed by atoms with Crippen LogP contribution in [0.25, 0.3) is 0 Å². The number of hydrogen-bond acceptors (Lipinski definition) is 7. The van der Waals surface area contributed by atoms with Crippen LogP contribution in [0.4, 0.5) is 5.82 Å². The highest BCUT2D eigenvalue weighted by molar-refractivity contribution is 9.10. The van der Waals surface area contributed by atoms with Gasteiger partial charge in [-0.15, -0.1) is 0 Å². The molecule has 0 unspecified atom stereocenters. The lowest BCUT2D eigenvalue weighted by Gasteiger charge is -2.32. The van der Waals surface area contributed by atoms with Crippen LogP contribution >= 0.6 is 15.9 Å². The van der Waals surface area contributed by atoms with Crippen molar-refractivity contribution in [2.45, 2.75) is 58.0 Å². The average molecular weight is 549 g/mol. The van der Waals surface area contributed by atoms with Gasteiger partial charge in [-0.2, -0.15) is 0 Å². The monoisotopic (exact) mass is 547 g/mol. The van der Waals surface area contributed by atoms with E-state index in [4.69, 9.17) is 15.6 Å². The third kappa shape index (κ3) is 7.46. The number of aliphatic hydroxyl groups is 1. The van der Waals surface area contributed by atoms with Crippen LogP contribution in [0.5, 0.6) is 0 Å². The number of fused-ring (bicyclic) bond motifs is 1. The second kappa shape index (κ2) is 13.9. The van der Waals surface area contributed by atoms with E-state index in [0.717, 1.165) is 68.5 Å². The fourth-order valence-corrected chi connectivity index (χ4v) is 5.03. The highest BCUT2D eigenvalue weighted by Gasteiger charge is 2.27. The molecule has 0 saturated carbocycles. The molecule has 0 bridgehead atoms. The number of nitrogens with zero attached hydrogens (tertiary/aromatic N) is 4.